The summed E-state index contributed by atoms with van der Waals surface area (Å²) in [6.07, 6.45) is 13.8. The molecule has 2 N–H and O–H groups in total. The Balaban J connectivity index is 1.37. The molecule has 2 aromatic rings. The number of benzene rings is 1. The van der Waals surface area contributed by atoms with Crippen LogP contribution in [0.3, 0.4) is 0 Å². The van der Waals surface area contributed by atoms with Crippen molar-refractivity contribution >= 4 is 5.91 Å². The van der Waals surface area contributed by atoms with Gasteiger partial charge in [0.05, 0.1) is 12.6 Å². The normalized spacial score (nSPS) is 16.1. The molecular formula is C24H36N4O2. The molecule has 1 aromatic carbocycles. The van der Waals surface area contributed by atoms with Crippen LogP contribution in [0.5, 0.6) is 0 Å². The van der Waals surface area contributed by atoms with Gasteiger partial charge in [0.25, 0.3) is 0 Å². The SMILES string of the molecule is CCCCCCCCCCc1ccc(-c2noc(CNC(=O)[C@@H]3CCCN3)n2)cc1. The molecule has 6 heteroatoms. The average molecular weight is 413 g/mol. The van der Waals surface area contributed by atoms with Crippen LogP contribution in [0, 0.1) is 0 Å². The zero-order valence-electron chi connectivity index (χ0n) is 18.3. The van der Waals surface area contributed by atoms with Gasteiger partial charge in [0, 0.05) is 5.56 Å². The van der Waals surface area contributed by atoms with Gasteiger partial charge in [-0.3, -0.25) is 4.79 Å². The van der Waals surface area contributed by atoms with Crippen LogP contribution >= 0.6 is 0 Å². The van der Waals surface area contributed by atoms with Gasteiger partial charge in [-0.1, -0.05) is 81.3 Å². The lowest BCUT2D eigenvalue weighted by molar-refractivity contribution is -0.123. The Morgan fingerprint density at radius 3 is 2.53 bits per heavy atom. The van der Waals surface area contributed by atoms with Crippen molar-refractivity contribution in [2.75, 3.05) is 6.54 Å². The third-order valence-electron chi connectivity index (χ3n) is 5.79. The summed E-state index contributed by atoms with van der Waals surface area (Å²) in [5.74, 6) is 0.994. The number of carbonyl (C=O) groups excluding carboxylic acids is 1. The number of unbranched alkanes of at least 4 members (excludes halogenated alkanes) is 7. The van der Waals surface area contributed by atoms with Gasteiger partial charge < -0.3 is 15.2 Å². The van der Waals surface area contributed by atoms with E-state index in [4.69, 9.17) is 4.52 Å². The predicted octanol–water partition coefficient (Wildman–Crippen LogP) is 4.79. The monoisotopic (exact) mass is 412 g/mol. The van der Waals surface area contributed by atoms with Gasteiger partial charge in [-0.05, 0) is 37.8 Å². The third kappa shape index (κ3) is 7.24. The number of rotatable bonds is 13. The first-order valence-electron chi connectivity index (χ1n) is 11.7. The number of hydrogen-bond donors (Lipinski definition) is 2. The summed E-state index contributed by atoms with van der Waals surface area (Å²) in [6, 6.07) is 8.31. The molecule has 1 atom stereocenters. The van der Waals surface area contributed by atoms with E-state index in [2.05, 4.69) is 52.0 Å². The van der Waals surface area contributed by atoms with Gasteiger partial charge in [-0.2, -0.15) is 4.98 Å². The fourth-order valence-corrected chi connectivity index (χ4v) is 3.92. The van der Waals surface area contributed by atoms with Crippen LogP contribution < -0.4 is 10.6 Å². The van der Waals surface area contributed by atoms with Gasteiger partial charge in [0.1, 0.15) is 0 Å². The van der Waals surface area contributed by atoms with E-state index in [9.17, 15) is 4.79 Å². The molecule has 3 rings (SSSR count). The molecule has 0 saturated carbocycles. The Hall–Kier alpha value is -2.21. The lowest BCUT2D eigenvalue weighted by Crippen LogP contribution is -2.40. The number of hydrogen-bond acceptors (Lipinski definition) is 5. The number of nitrogens with one attached hydrogen (secondary N) is 2. The molecule has 0 unspecified atom stereocenters. The van der Waals surface area contributed by atoms with Gasteiger partial charge in [-0.25, -0.2) is 0 Å². The summed E-state index contributed by atoms with van der Waals surface area (Å²) in [7, 11) is 0. The minimum atomic E-state index is -0.0963. The van der Waals surface area contributed by atoms with E-state index < -0.39 is 0 Å². The second-order valence-electron chi connectivity index (χ2n) is 8.30. The largest absolute Gasteiger partial charge is 0.346 e. The van der Waals surface area contributed by atoms with Gasteiger partial charge in [-0.15, -0.1) is 0 Å². The smallest absolute Gasteiger partial charge is 0.246 e. The molecule has 0 radical (unpaired) electrons. The van der Waals surface area contributed by atoms with Crippen molar-refractivity contribution in [2.45, 2.75) is 90.1 Å². The number of aryl methyl sites for hydroxylation is 1. The van der Waals surface area contributed by atoms with Gasteiger partial charge in [0.15, 0.2) is 0 Å². The predicted molar refractivity (Wildman–Crippen MR) is 119 cm³/mol. The first kappa shape index (κ1) is 22.5. The zero-order chi connectivity index (χ0) is 21.0. The van der Waals surface area contributed by atoms with Crippen LogP contribution in [-0.4, -0.2) is 28.6 Å². The summed E-state index contributed by atoms with van der Waals surface area (Å²) >= 11 is 0. The number of aromatic nitrogens is 2. The molecule has 1 aliphatic heterocycles. The fraction of sp³-hybridized carbons (Fsp3) is 0.625. The third-order valence-corrected chi connectivity index (χ3v) is 5.79. The van der Waals surface area contributed by atoms with Crippen molar-refractivity contribution in [3.8, 4) is 11.4 Å². The van der Waals surface area contributed by atoms with Gasteiger partial charge >= 0.3 is 0 Å². The maximum atomic E-state index is 12.1. The topological polar surface area (TPSA) is 80.0 Å². The molecule has 1 amide bonds. The molecule has 0 aliphatic carbocycles. The highest BCUT2D eigenvalue weighted by Gasteiger charge is 2.22. The first-order valence-corrected chi connectivity index (χ1v) is 11.7. The van der Waals surface area contributed by atoms with Crippen LogP contribution in [0.2, 0.25) is 0 Å². The fourth-order valence-electron chi connectivity index (χ4n) is 3.92. The van der Waals surface area contributed by atoms with E-state index in [1.54, 1.807) is 0 Å². The molecule has 1 aliphatic rings. The van der Waals surface area contributed by atoms with Crippen molar-refractivity contribution in [3.05, 3.63) is 35.7 Å². The number of nitrogens with zero attached hydrogens (tertiary/aromatic N) is 2. The minimum absolute atomic E-state index is 0.00226. The highest BCUT2D eigenvalue weighted by Crippen LogP contribution is 2.18. The van der Waals surface area contributed by atoms with Crippen LogP contribution in [0.1, 0.15) is 82.6 Å². The molecule has 0 spiro atoms. The van der Waals surface area contributed by atoms with Crippen LogP contribution in [-0.2, 0) is 17.8 Å². The molecule has 0 bridgehead atoms. The van der Waals surface area contributed by atoms with Crippen LogP contribution in [0.25, 0.3) is 11.4 Å². The lowest BCUT2D eigenvalue weighted by Gasteiger charge is -2.08. The van der Waals surface area contributed by atoms with E-state index in [-0.39, 0.29) is 18.5 Å². The Kier molecular flexibility index (Phi) is 9.35. The van der Waals surface area contributed by atoms with E-state index in [0.29, 0.717) is 11.7 Å². The Morgan fingerprint density at radius 1 is 1.10 bits per heavy atom. The van der Waals surface area contributed by atoms with Crippen LogP contribution in [0.4, 0.5) is 0 Å². The van der Waals surface area contributed by atoms with Crippen molar-refractivity contribution in [1.82, 2.24) is 20.8 Å². The average Bonchev–Trinajstić information content (AvgIpc) is 3.47. The van der Waals surface area contributed by atoms with Crippen LogP contribution in [0.15, 0.2) is 28.8 Å². The molecule has 6 nitrogen and oxygen atoms in total. The standard InChI is InChI=1S/C24H36N4O2/c1-2-3-4-5-6-7-8-9-11-19-13-15-20(16-14-19)23-27-22(30-28-23)18-26-24(29)21-12-10-17-25-21/h13-16,21,25H,2-12,17-18H2,1H3,(H,26,29)/t21-/m0/s1. The van der Waals surface area contributed by atoms with E-state index >= 15 is 0 Å². The summed E-state index contributed by atoms with van der Waals surface area (Å²) < 4.78 is 5.29. The lowest BCUT2D eigenvalue weighted by atomic mass is 10.0. The zero-order valence-corrected chi connectivity index (χ0v) is 18.3. The van der Waals surface area contributed by atoms with E-state index in [1.165, 1.54) is 56.9 Å². The summed E-state index contributed by atoms with van der Waals surface area (Å²) in [6.45, 7) is 3.43. The second-order valence-corrected chi connectivity index (χ2v) is 8.30. The minimum Gasteiger partial charge on any atom is -0.346 e. The second kappa shape index (κ2) is 12.5. The van der Waals surface area contributed by atoms with Crippen molar-refractivity contribution in [2.24, 2.45) is 0 Å². The van der Waals surface area contributed by atoms with E-state index in [1.807, 2.05) is 0 Å². The Bertz CT molecular complexity index is 751. The Morgan fingerprint density at radius 2 is 1.83 bits per heavy atom. The first-order chi connectivity index (χ1) is 14.8. The molecule has 1 fully saturated rings. The quantitative estimate of drug-likeness (QED) is 0.463. The molecule has 2 heterocycles. The maximum absolute atomic E-state index is 12.1. The van der Waals surface area contributed by atoms with Crippen molar-refractivity contribution < 1.29 is 9.32 Å². The summed E-state index contributed by atoms with van der Waals surface area (Å²) in [4.78, 5) is 16.5. The summed E-state index contributed by atoms with van der Waals surface area (Å²) in [5.41, 5.74) is 2.29. The molecular weight excluding hydrogens is 376 g/mol. The van der Waals surface area contributed by atoms with E-state index in [0.717, 1.165) is 31.4 Å². The van der Waals surface area contributed by atoms with Gasteiger partial charge in [0.2, 0.25) is 17.6 Å². The van der Waals surface area contributed by atoms with Crippen molar-refractivity contribution in [3.63, 3.8) is 0 Å². The molecule has 30 heavy (non-hydrogen) atoms. The Labute approximate surface area is 180 Å². The maximum Gasteiger partial charge on any atom is 0.246 e. The molecule has 1 saturated heterocycles. The highest BCUT2D eigenvalue weighted by molar-refractivity contribution is 5.81. The number of carbonyl (C=O) groups is 1. The summed E-state index contributed by atoms with van der Waals surface area (Å²) in [5, 5.41) is 10.1. The highest BCUT2D eigenvalue weighted by atomic mass is 16.5. The number of amides is 1. The van der Waals surface area contributed by atoms with Crippen molar-refractivity contribution in [1.29, 1.82) is 0 Å². The molecule has 1 aromatic heterocycles. The molecule has 164 valence electrons.